The summed E-state index contributed by atoms with van der Waals surface area (Å²) < 4.78 is 39.0. The Kier molecular flexibility index (Phi) is 5.84. The number of nitrogens with one attached hydrogen (secondary N) is 1. The van der Waals surface area contributed by atoms with E-state index < -0.39 is 10.0 Å². The summed E-state index contributed by atoms with van der Waals surface area (Å²) in [6.45, 7) is 2.43. The smallest absolute Gasteiger partial charge is 0.244 e. The van der Waals surface area contributed by atoms with Gasteiger partial charge in [0.2, 0.25) is 10.0 Å². The molecule has 0 saturated heterocycles. The maximum absolute atomic E-state index is 12.7. The monoisotopic (exact) mass is 375 g/mol. The van der Waals surface area contributed by atoms with Crippen molar-refractivity contribution < 1.29 is 17.9 Å². The van der Waals surface area contributed by atoms with Gasteiger partial charge in [-0.15, -0.1) is 0 Å². The number of ether oxygens (including phenoxy) is 2. The lowest BCUT2D eigenvalue weighted by Crippen LogP contribution is -2.29. The van der Waals surface area contributed by atoms with Crippen molar-refractivity contribution in [2.24, 2.45) is 0 Å². The number of aryl methyl sites for hydroxylation is 3. The Bertz CT molecular complexity index is 877. The van der Waals surface area contributed by atoms with Gasteiger partial charge in [-0.3, -0.25) is 0 Å². The third kappa shape index (κ3) is 4.37. The highest BCUT2D eigenvalue weighted by Gasteiger charge is 2.22. The number of methoxy groups -OCH3 is 1. The minimum absolute atomic E-state index is 0.191. The van der Waals surface area contributed by atoms with Crippen molar-refractivity contribution >= 4 is 10.0 Å². The Balaban J connectivity index is 1.67. The third-order valence-electron chi connectivity index (χ3n) is 4.57. The SMILES string of the molecule is COc1cc2c(cc1S(=O)(=O)NCCOc1cccc(C)c1)CCCC2. The molecular formula is C20H25NO4S. The van der Waals surface area contributed by atoms with Crippen LogP contribution in [0, 0.1) is 6.92 Å². The predicted molar refractivity (Wildman–Crippen MR) is 101 cm³/mol. The van der Waals surface area contributed by atoms with Gasteiger partial charge in [-0.2, -0.15) is 0 Å². The van der Waals surface area contributed by atoms with Crippen molar-refractivity contribution in [1.82, 2.24) is 4.72 Å². The van der Waals surface area contributed by atoms with Crippen LogP contribution in [0.15, 0.2) is 41.3 Å². The minimum atomic E-state index is -3.65. The lowest BCUT2D eigenvalue weighted by atomic mass is 9.92. The molecule has 26 heavy (non-hydrogen) atoms. The van der Waals surface area contributed by atoms with Gasteiger partial charge in [-0.1, -0.05) is 12.1 Å². The van der Waals surface area contributed by atoms with Gasteiger partial charge in [0.15, 0.2) is 0 Å². The second-order valence-corrected chi connectivity index (χ2v) is 8.28. The molecule has 6 heteroatoms. The summed E-state index contributed by atoms with van der Waals surface area (Å²) in [4.78, 5) is 0.205. The standard InChI is InChI=1S/C20H25NO4S/c1-15-6-5-9-18(12-15)25-11-10-21-26(22,23)20-14-17-8-4-3-7-16(17)13-19(20)24-2/h5-6,9,12-14,21H,3-4,7-8,10-11H2,1-2H3. The fraction of sp³-hybridized carbons (Fsp3) is 0.400. The summed E-state index contributed by atoms with van der Waals surface area (Å²) in [5, 5.41) is 0. The molecule has 140 valence electrons. The van der Waals surface area contributed by atoms with Crippen molar-refractivity contribution in [3.63, 3.8) is 0 Å². The fourth-order valence-electron chi connectivity index (χ4n) is 3.24. The van der Waals surface area contributed by atoms with Crippen molar-refractivity contribution in [2.75, 3.05) is 20.3 Å². The summed E-state index contributed by atoms with van der Waals surface area (Å²) in [5.41, 5.74) is 3.39. The van der Waals surface area contributed by atoms with Gasteiger partial charge in [0.05, 0.1) is 7.11 Å². The predicted octanol–water partition coefficient (Wildman–Crippen LogP) is 3.24. The van der Waals surface area contributed by atoms with Crippen molar-refractivity contribution in [3.8, 4) is 11.5 Å². The van der Waals surface area contributed by atoms with E-state index in [1.807, 2.05) is 37.3 Å². The minimum Gasteiger partial charge on any atom is -0.495 e. The molecule has 0 radical (unpaired) electrons. The molecule has 2 aromatic rings. The lowest BCUT2D eigenvalue weighted by Gasteiger charge is -2.19. The summed E-state index contributed by atoms with van der Waals surface area (Å²) in [7, 11) is -2.15. The van der Waals surface area contributed by atoms with Crippen LogP contribution < -0.4 is 14.2 Å². The molecule has 0 aromatic heterocycles. The molecule has 0 bridgehead atoms. The van der Waals surface area contributed by atoms with Crippen molar-refractivity contribution in [2.45, 2.75) is 37.5 Å². The normalized spacial score (nSPS) is 13.9. The summed E-state index contributed by atoms with van der Waals surface area (Å²) >= 11 is 0. The second kappa shape index (κ2) is 8.10. The average molecular weight is 375 g/mol. The van der Waals surface area contributed by atoms with Crippen LogP contribution in [-0.2, 0) is 22.9 Å². The van der Waals surface area contributed by atoms with Crippen LogP contribution in [0.4, 0.5) is 0 Å². The molecule has 5 nitrogen and oxygen atoms in total. The number of sulfonamides is 1. The van der Waals surface area contributed by atoms with E-state index in [-0.39, 0.29) is 18.0 Å². The Morgan fingerprint density at radius 3 is 2.50 bits per heavy atom. The van der Waals surface area contributed by atoms with Crippen LogP contribution in [-0.4, -0.2) is 28.7 Å². The molecule has 0 heterocycles. The summed E-state index contributed by atoms with van der Waals surface area (Å²) in [6.07, 6.45) is 4.12. The quantitative estimate of drug-likeness (QED) is 0.755. The maximum atomic E-state index is 12.7. The first-order valence-electron chi connectivity index (χ1n) is 8.88. The van der Waals surface area contributed by atoms with Crippen LogP contribution in [0.5, 0.6) is 11.5 Å². The topological polar surface area (TPSA) is 64.6 Å². The number of hydrogen-bond donors (Lipinski definition) is 1. The second-order valence-electron chi connectivity index (χ2n) is 6.54. The van der Waals surface area contributed by atoms with Gasteiger partial charge in [-0.25, -0.2) is 13.1 Å². The number of benzene rings is 2. The molecule has 0 aliphatic heterocycles. The molecule has 3 rings (SSSR count). The van der Waals surface area contributed by atoms with E-state index in [4.69, 9.17) is 9.47 Å². The highest BCUT2D eigenvalue weighted by molar-refractivity contribution is 7.89. The number of hydrogen-bond acceptors (Lipinski definition) is 4. The molecular weight excluding hydrogens is 350 g/mol. The van der Waals surface area contributed by atoms with E-state index >= 15 is 0 Å². The van der Waals surface area contributed by atoms with Crippen LogP contribution >= 0.6 is 0 Å². The Morgan fingerprint density at radius 2 is 1.81 bits per heavy atom. The van der Waals surface area contributed by atoms with Gasteiger partial charge < -0.3 is 9.47 Å². The molecule has 1 aliphatic rings. The molecule has 2 aromatic carbocycles. The third-order valence-corrected chi connectivity index (χ3v) is 6.05. The zero-order valence-corrected chi connectivity index (χ0v) is 16.1. The first kappa shape index (κ1) is 18.7. The summed E-state index contributed by atoms with van der Waals surface area (Å²) in [5.74, 6) is 1.13. The molecule has 0 fully saturated rings. The van der Waals surface area contributed by atoms with E-state index in [0.29, 0.717) is 5.75 Å². The van der Waals surface area contributed by atoms with Gasteiger partial charge >= 0.3 is 0 Å². The van der Waals surface area contributed by atoms with Gasteiger partial charge in [0.25, 0.3) is 0 Å². The zero-order valence-electron chi connectivity index (χ0n) is 15.2. The van der Waals surface area contributed by atoms with Crippen molar-refractivity contribution in [3.05, 3.63) is 53.1 Å². The van der Waals surface area contributed by atoms with Gasteiger partial charge in [0, 0.05) is 6.54 Å². The van der Waals surface area contributed by atoms with Crippen LogP contribution in [0.3, 0.4) is 0 Å². The molecule has 1 aliphatic carbocycles. The van der Waals surface area contributed by atoms with Crippen molar-refractivity contribution in [1.29, 1.82) is 0 Å². The molecule has 0 saturated carbocycles. The Hall–Kier alpha value is -2.05. The molecule has 0 atom stereocenters. The fourth-order valence-corrected chi connectivity index (χ4v) is 4.45. The maximum Gasteiger partial charge on any atom is 0.244 e. The van der Waals surface area contributed by atoms with Crippen LogP contribution in [0.25, 0.3) is 0 Å². The average Bonchev–Trinajstić information content (AvgIpc) is 2.64. The van der Waals surface area contributed by atoms with Crippen LogP contribution in [0.2, 0.25) is 0 Å². The molecule has 0 spiro atoms. The van der Waals surface area contributed by atoms with E-state index in [0.717, 1.165) is 42.6 Å². The lowest BCUT2D eigenvalue weighted by molar-refractivity contribution is 0.322. The first-order valence-corrected chi connectivity index (χ1v) is 10.4. The molecule has 0 amide bonds. The van der Waals surface area contributed by atoms with E-state index in [2.05, 4.69) is 4.72 Å². The van der Waals surface area contributed by atoms with E-state index in [9.17, 15) is 8.42 Å². The van der Waals surface area contributed by atoms with Crippen LogP contribution in [0.1, 0.15) is 29.5 Å². The molecule has 1 N–H and O–H groups in total. The van der Waals surface area contributed by atoms with E-state index in [1.54, 1.807) is 6.07 Å². The van der Waals surface area contributed by atoms with E-state index in [1.165, 1.54) is 12.7 Å². The Morgan fingerprint density at radius 1 is 1.08 bits per heavy atom. The number of fused-ring (bicyclic) bond motifs is 1. The van der Waals surface area contributed by atoms with Gasteiger partial charge in [0.1, 0.15) is 23.0 Å². The highest BCUT2D eigenvalue weighted by Crippen LogP contribution is 2.31. The molecule has 0 unspecified atom stereocenters. The zero-order chi connectivity index (χ0) is 18.6. The highest BCUT2D eigenvalue weighted by atomic mass is 32.2. The first-order chi connectivity index (χ1) is 12.5. The largest absolute Gasteiger partial charge is 0.495 e. The number of rotatable bonds is 7. The van der Waals surface area contributed by atoms with Gasteiger partial charge in [-0.05, 0) is 73.6 Å². The summed E-state index contributed by atoms with van der Waals surface area (Å²) in [6, 6.07) is 11.3. The Labute approximate surface area is 155 Å².